The Balaban J connectivity index is 1.78. The van der Waals surface area contributed by atoms with Gasteiger partial charge in [-0.3, -0.25) is 15.1 Å². The van der Waals surface area contributed by atoms with Crippen LogP contribution in [-0.2, 0) is 9.53 Å². The zero-order valence-electron chi connectivity index (χ0n) is 10.0. The summed E-state index contributed by atoms with van der Waals surface area (Å²) in [5.74, 6) is -0.271. The van der Waals surface area contributed by atoms with E-state index in [0.29, 0.717) is 6.42 Å². The lowest BCUT2D eigenvalue weighted by Gasteiger charge is -2.31. The normalized spacial score (nSPS) is 41.2. The van der Waals surface area contributed by atoms with Crippen LogP contribution in [0.3, 0.4) is 0 Å². The van der Waals surface area contributed by atoms with E-state index >= 15 is 0 Å². The monoisotopic (exact) mass is 269 g/mol. The third-order valence-electron chi connectivity index (χ3n) is 3.46. The van der Waals surface area contributed by atoms with Gasteiger partial charge in [-0.15, -0.1) is 0 Å². The Kier molecular flexibility index (Phi) is 2.88. The first-order chi connectivity index (χ1) is 9.10. The maximum absolute atomic E-state index is 11.7. The minimum absolute atomic E-state index is 0.0407. The van der Waals surface area contributed by atoms with Crippen molar-refractivity contribution in [2.75, 3.05) is 6.61 Å². The van der Waals surface area contributed by atoms with Crippen molar-refractivity contribution in [1.82, 2.24) is 10.2 Å². The predicted molar refractivity (Wildman–Crippen MR) is 64.0 cm³/mol. The van der Waals surface area contributed by atoms with Gasteiger partial charge in [0.1, 0.15) is 12.3 Å². The number of fused-ring (bicyclic) bond motifs is 1. The Bertz CT molecular complexity index is 453. The molecule has 0 radical (unpaired) electrons. The standard InChI is InChI=1S/C10H15N5O4/c11-10-13-8-7(9(18)14-10)12-3-15(8)6-1-4(17)5(2-16)19-6/h3-8,16-17H,1-2H2,(H3,11,13,14,18)/t4-,5+,6?,7?,8?/m0/s1. The summed E-state index contributed by atoms with van der Waals surface area (Å²) in [6.45, 7) is -0.261. The highest BCUT2D eigenvalue weighted by atomic mass is 16.5. The van der Waals surface area contributed by atoms with Gasteiger partial charge in [0.25, 0.3) is 5.91 Å². The van der Waals surface area contributed by atoms with Gasteiger partial charge in [-0.25, -0.2) is 4.99 Å². The molecular weight excluding hydrogens is 254 g/mol. The predicted octanol–water partition coefficient (Wildman–Crippen LogP) is -3.06. The second kappa shape index (κ2) is 4.44. The van der Waals surface area contributed by atoms with Crippen LogP contribution in [0, 0.1) is 0 Å². The molecule has 5 atom stereocenters. The fourth-order valence-electron chi connectivity index (χ4n) is 2.48. The molecule has 0 aromatic rings. The molecule has 0 saturated carbocycles. The molecule has 0 aromatic heterocycles. The molecule has 104 valence electrons. The summed E-state index contributed by atoms with van der Waals surface area (Å²) in [7, 11) is 0. The van der Waals surface area contributed by atoms with Gasteiger partial charge in [-0.1, -0.05) is 0 Å². The number of nitrogens with one attached hydrogen (secondary N) is 1. The van der Waals surface area contributed by atoms with Crippen molar-refractivity contribution in [3.05, 3.63) is 0 Å². The van der Waals surface area contributed by atoms with Crippen LogP contribution >= 0.6 is 0 Å². The molecule has 0 bridgehead atoms. The van der Waals surface area contributed by atoms with Gasteiger partial charge in [0.05, 0.1) is 19.0 Å². The topological polar surface area (TPSA) is 133 Å². The van der Waals surface area contributed by atoms with Gasteiger partial charge in [0.15, 0.2) is 18.2 Å². The molecule has 3 aliphatic heterocycles. The van der Waals surface area contributed by atoms with E-state index < -0.39 is 30.6 Å². The van der Waals surface area contributed by atoms with Crippen molar-refractivity contribution in [3.8, 4) is 0 Å². The average Bonchev–Trinajstić information content (AvgIpc) is 2.92. The van der Waals surface area contributed by atoms with Crippen LogP contribution in [0.2, 0.25) is 0 Å². The Morgan fingerprint density at radius 1 is 1.63 bits per heavy atom. The van der Waals surface area contributed by atoms with E-state index in [1.807, 2.05) is 0 Å². The molecule has 0 aromatic carbocycles. The van der Waals surface area contributed by atoms with Crippen LogP contribution in [0.15, 0.2) is 9.98 Å². The van der Waals surface area contributed by atoms with Gasteiger partial charge in [0, 0.05) is 6.42 Å². The minimum Gasteiger partial charge on any atom is -0.394 e. The molecule has 19 heavy (non-hydrogen) atoms. The first kappa shape index (κ1) is 12.3. The maximum Gasteiger partial charge on any atom is 0.255 e. The van der Waals surface area contributed by atoms with E-state index in [1.54, 1.807) is 4.90 Å². The number of aliphatic hydroxyl groups is 2. The first-order valence-corrected chi connectivity index (χ1v) is 5.99. The molecule has 1 saturated heterocycles. The molecule has 3 heterocycles. The Hall–Kier alpha value is -1.71. The second-order valence-electron chi connectivity index (χ2n) is 4.69. The van der Waals surface area contributed by atoms with Crippen LogP contribution in [-0.4, -0.2) is 70.6 Å². The molecule has 1 fully saturated rings. The van der Waals surface area contributed by atoms with E-state index in [-0.39, 0.29) is 18.5 Å². The molecule has 0 aliphatic carbocycles. The Labute approximate surface area is 108 Å². The third kappa shape index (κ3) is 1.95. The number of carbonyl (C=O) groups excluding carboxylic acids is 1. The Morgan fingerprint density at radius 2 is 2.42 bits per heavy atom. The molecule has 1 amide bonds. The van der Waals surface area contributed by atoms with Gasteiger partial charge in [0.2, 0.25) is 0 Å². The molecule has 0 spiro atoms. The molecule has 9 heteroatoms. The van der Waals surface area contributed by atoms with Crippen molar-refractivity contribution in [3.63, 3.8) is 0 Å². The lowest BCUT2D eigenvalue weighted by molar-refractivity contribution is -0.123. The number of aliphatic hydroxyl groups excluding tert-OH is 2. The number of aliphatic imine (C=N–C) groups is 2. The molecule has 3 rings (SSSR count). The number of rotatable bonds is 2. The number of nitrogens with zero attached hydrogens (tertiary/aromatic N) is 3. The molecular formula is C10H15N5O4. The van der Waals surface area contributed by atoms with Crippen molar-refractivity contribution in [1.29, 1.82) is 0 Å². The first-order valence-electron chi connectivity index (χ1n) is 5.99. The highest BCUT2D eigenvalue weighted by molar-refractivity contribution is 6.02. The van der Waals surface area contributed by atoms with Crippen molar-refractivity contribution in [2.45, 2.75) is 37.1 Å². The number of guanidine groups is 1. The highest BCUT2D eigenvalue weighted by Crippen LogP contribution is 2.28. The summed E-state index contributed by atoms with van der Waals surface area (Å²) >= 11 is 0. The summed E-state index contributed by atoms with van der Waals surface area (Å²) < 4.78 is 5.52. The quantitative estimate of drug-likeness (QED) is 0.420. The van der Waals surface area contributed by atoms with E-state index in [1.165, 1.54) is 6.34 Å². The molecule has 9 nitrogen and oxygen atoms in total. The van der Waals surface area contributed by atoms with E-state index in [2.05, 4.69) is 15.3 Å². The number of nitrogens with two attached hydrogens (primary N) is 1. The smallest absolute Gasteiger partial charge is 0.255 e. The number of amides is 1. The Morgan fingerprint density at radius 3 is 3.11 bits per heavy atom. The summed E-state index contributed by atoms with van der Waals surface area (Å²) in [6, 6.07) is -0.652. The number of ether oxygens (including phenoxy) is 1. The van der Waals surface area contributed by atoms with Gasteiger partial charge in [-0.2, -0.15) is 0 Å². The number of carbonyl (C=O) groups is 1. The van der Waals surface area contributed by atoms with Gasteiger partial charge in [-0.05, 0) is 0 Å². The largest absolute Gasteiger partial charge is 0.394 e. The van der Waals surface area contributed by atoms with E-state index in [9.17, 15) is 9.90 Å². The number of hydrogen-bond acceptors (Lipinski definition) is 8. The van der Waals surface area contributed by atoms with Crippen molar-refractivity contribution >= 4 is 18.2 Å². The highest BCUT2D eigenvalue weighted by Gasteiger charge is 2.46. The molecule has 3 unspecified atom stereocenters. The van der Waals surface area contributed by atoms with Gasteiger partial charge >= 0.3 is 0 Å². The minimum atomic E-state index is -0.749. The zero-order chi connectivity index (χ0) is 13.6. The number of hydrogen-bond donors (Lipinski definition) is 4. The molecule has 5 N–H and O–H groups in total. The van der Waals surface area contributed by atoms with Crippen molar-refractivity contribution < 1.29 is 19.7 Å². The third-order valence-corrected chi connectivity index (χ3v) is 3.46. The van der Waals surface area contributed by atoms with Crippen LogP contribution in [0.5, 0.6) is 0 Å². The zero-order valence-corrected chi connectivity index (χ0v) is 10.0. The maximum atomic E-state index is 11.7. The lowest BCUT2D eigenvalue weighted by Crippen LogP contribution is -2.55. The van der Waals surface area contributed by atoms with Crippen LogP contribution in [0.25, 0.3) is 0 Å². The lowest BCUT2D eigenvalue weighted by atomic mass is 10.1. The second-order valence-corrected chi connectivity index (χ2v) is 4.69. The van der Waals surface area contributed by atoms with Crippen LogP contribution < -0.4 is 11.1 Å². The van der Waals surface area contributed by atoms with E-state index in [4.69, 9.17) is 15.6 Å². The average molecular weight is 269 g/mol. The summed E-state index contributed by atoms with van der Waals surface area (Å²) in [4.78, 5) is 21.5. The summed E-state index contributed by atoms with van der Waals surface area (Å²) in [5, 5.41) is 21.2. The van der Waals surface area contributed by atoms with Crippen molar-refractivity contribution in [2.24, 2.45) is 15.7 Å². The van der Waals surface area contributed by atoms with Crippen LogP contribution in [0.4, 0.5) is 0 Å². The fraction of sp³-hybridized carbons (Fsp3) is 0.700. The summed E-state index contributed by atoms with van der Waals surface area (Å²) in [6.07, 6.45) is -0.611. The molecule has 3 aliphatic rings. The summed E-state index contributed by atoms with van der Waals surface area (Å²) in [5.41, 5.74) is 5.53. The van der Waals surface area contributed by atoms with Crippen LogP contribution in [0.1, 0.15) is 6.42 Å². The van der Waals surface area contributed by atoms with E-state index in [0.717, 1.165) is 0 Å². The fourth-order valence-corrected chi connectivity index (χ4v) is 2.48. The SMILES string of the molecule is NC1=NC2C(N=CN2C2C[C@H](O)[C@@H](CO)O2)C(=O)N1. The van der Waals surface area contributed by atoms with Gasteiger partial charge < -0.3 is 25.6 Å².